The van der Waals surface area contributed by atoms with Crippen molar-refractivity contribution in [2.24, 2.45) is 0 Å². The summed E-state index contributed by atoms with van der Waals surface area (Å²) in [5.41, 5.74) is 2.86. The average molecular weight is 423 g/mol. The normalized spacial score (nSPS) is 16.2. The van der Waals surface area contributed by atoms with Crippen LogP contribution in [0, 0.1) is 6.92 Å². The highest BCUT2D eigenvalue weighted by Crippen LogP contribution is 2.31. The predicted molar refractivity (Wildman–Crippen MR) is 113 cm³/mol. The zero-order valence-corrected chi connectivity index (χ0v) is 18.0. The largest absolute Gasteiger partial charge is 0.382 e. The molecule has 0 radical (unpaired) electrons. The standard InChI is InChI=1S/C20H26N2O4S2/c1-15-5-4-6-17(13-15)21-16-9-11-22(12-10-16)19-8-7-18(27(2,23)24)14-20(19)28(3,25)26/h4-8,13-14,16,21H,9-12H2,1-3H3. The molecule has 0 saturated carbocycles. The highest BCUT2D eigenvalue weighted by atomic mass is 32.2. The minimum Gasteiger partial charge on any atom is -0.382 e. The lowest BCUT2D eigenvalue weighted by Gasteiger charge is -2.35. The third-order valence-electron chi connectivity index (χ3n) is 4.98. The van der Waals surface area contributed by atoms with Gasteiger partial charge in [0.15, 0.2) is 19.7 Å². The first-order chi connectivity index (χ1) is 13.0. The summed E-state index contributed by atoms with van der Waals surface area (Å²) in [4.78, 5) is 2.12. The Hall–Kier alpha value is -2.06. The van der Waals surface area contributed by atoms with Gasteiger partial charge < -0.3 is 10.2 Å². The molecule has 0 aliphatic carbocycles. The van der Waals surface area contributed by atoms with E-state index in [1.54, 1.807) is 6.07 Å². The van der Waals surface area contributed by atoms with E-state index in [4.69, 9.17) is 0 Å². The number of anilines is 2. The van der Waals surface area contributed by atoms with Gasteiger partial charge in [-0.2, -0.15) is 0 Å². The molecule has 8 heteroatoms. The van der Waals surface area contributed by atoms with Gasteiger partial charge in [-0.05, 0) is 55.7 Å². The first-order valence-electron chi connectivity index (χ1n) is 9.16. The molecule has 1 N–H and O–H groups in total. The first kappa shape index (κ1) is 20.7. The van der Waals surface area contributed by atoms with E-state index in [9.17, 15) is 16.8 Å². The van der Waals surface area contributed by atoms with Crippen LogP contribution < -0.4 is 10.2 Å². The van der Waals surface area contributed by atoms with Gasteiger partial charge in [-0.15, -0.1) is 0 Å². The highest BCUT2D eigenvalue weighted by molar-refractivity contribution is 7.91. The number of hydrogen-bond donors (Lipinski definition) is 1. The van der Waals surface area contributed by atoms with E-state index >= 15 is 0 Å². The molecule has 28 heavy (non-hydrogen) atoms. The second-order valence-electron chi connectivity index (χ2n) is 7.45. The Balaban J connectivity index is 1.78. The van der Waals surface area contributed by atoms with Crippen molar-refractivity contribution in [1.29, 1.82) is 0 Å². The fourth-order valence-electron chi connectivity index (χ4n) is 3.52. The average Bonchev–Trinajstić information content (AvgIpc) is 2.60. The van der Waals surface area contributed by atoms with Crippen molar-refractivity contribution < 1.29 is 16.8 Å². The van der Waals surface area contributed by atoms with E-state index in [1.807, 2.05) is 17.0 Å². The van der Waals surface area contributed by atoms with Gasteiger partial charge in [-0.3, -0.25) is 0 Å². The number of benzene rings is 2. The molecule has 0 aromatic heterocycles. The summed E-state index contributed by atoms with van der Waals surface area (Å²) < 4.78 is 48.2. The Morgan fingerprint density at radius 2 is 1.61 bits per heavy atom. The minimum atomic E-state index is -3.55. The van der Waals surface area contributed by atoms with Crippen molar-refractivity contribution in [3.63, 3.8) is 0 Å². The lowest BCUT2D eigenvalue weighted by molar-refractivity contribution is 0.524. The molecule has 152 valence electrons. The van der Waals surface area contributed by atoms with Gasteiger partial charge in [0.05, 0.1) is 15.5 Å². The van der Waals surface area contributed by atoms with E-state index in [0.717, 1.165) is 31.0 Å². The SMILES string of the molecule is Cc1cccc(NC2CCN(c3ccc(S(C)(=O)=O)cc3S(C)(=O)=O)CC2)c1. The molecular weight excluding hydrogens is 396 g/mol. The van der Waals surface area contributed by atoms with Crippen molar-refractivity contribution in [2.75, 3.05) is 35.8 Å². The van der Waals surface area contributed by atoms with Crippen LogP contribution in [0.1, 0.15) is 18.4 Å². The number of piperidine rings is 1. The van der Waals surface area contributed by atoms with Crippen LogP contribution in [0.3, 0.4) is 0 Å². The van der Waals surface area contributed by atoms with E-state index in [-0.39, 0.29) is 9.79 Å². The molecule has 1 aliphatic heterocycles. The van der Waals surface area contributed by atoms with Gasteiger partial charge >= 0.3 is 0 Å². The molecule has 0 unspecified atom stereocenters. The van der Waals surface area contributed by atoms with Crippen molar-refractivity contribution in [2.45, 2.75) is 35.6 Å². The quantitative estimate of drug-likeness (QED) is 0.798. The highest BCUT2D eigenvalue weighted by Gasteiger charge is 2.25. The van der Waals surface area contributed by atoms with Crippen LogP contribution in [0.5, 0.6) is 0 Å². The molecular formula is C20H26N2O4S2. The van der Waals surface area contributed by atoms with Gasteiger partial charge in [0.2, 0.25) is 0 Å². The topological polar surface area (TPSA) is 83.6 Å². The van der Waals surface area contributed by atoms with E-state index in [1.165, 1.54) is 17.7 Å². The lowest BCUT2D eigenvalue weighted by atomic mass is 10.0. The maximum absolute atomic E-state index is 12.3. The zero-order valence-electron chi connectivity index (χ0n) is 16.3. The molecule has 0 atom stereocenters. The van der Waals surface area contributed by atoms with Crippen molar-refractivity contribution >= 4 is 31.0 Å². The van der Waals surface area contributed by atoms with Crippen LogP contribution >= 0.6 is 0 Å². The maximum Gasteiger partial charge on any atom is 0.177 e. The van der Waals surface area contributed by atoms with E-state index in [0.29, 0.717) is 24.8 Å². The number of aryl methyl sites for hydroxylation is 1. The van der Waals surface area contributed by atoms with Crippen molar-refractivity contribution in [1.82, 2.24) is 0 Å². The molecule has 3 rings (SSSR count). The smallest absolute Gasteiger partial charge is 0.177 e. The summed E-state index contributed by atoms with van der Waals surface area (Å²) in [7, 11) is -7.03. The van der Waals surface area contributed by atoms with Gasteiger partial charge in [0.1, 0.15) is 0 Å². The van der Waals surface area contributed by atoms with E-state index < -0.39 is 19.7 Å². The van der Waals surface area contributed by atoms with Gasteiger partial charge in [-0.1, -0.05) is 12.1 Å². The summed E-state index contributed by atoms with van der Waals surface area (Å²) in [6.45, 7) is 3.45. The number of nitrogens with zero attached hydrogens (tertiary/aromatic N) is 1. The van der Waals surface area contributed by atoms with Crippen LogP contribution in [0.4, 0.5) is 11.4 Å². The van der Waals surface area contributed by atoms with Crippen LogP contribution in [0.2, 0.25) is 0 Å². The molecule has 2 aromatic carbocycles. The van der Waals surface area contributed by atoms with Crippen LogP contribution in [0.15, 0.2) is 52.3 Å². The van der Waals surface area contributed by atoms with Crippen molar-refractivity contribution in [3.05, 3.63) is 48.0 Å². The summed E-state index contributed by atoms with van der Waals surface area (Å²) in [5, 5.41) is 3.54. The van der Waals surface area contributed by atoms with Crippen LogP contribution in [0.25, 0.3) is 0 Å². The third-order valence-corrected chi connectivity index (χ3v) is 7.22. The molecule has 1 heterocycles. The van der Waals surface area contributed by atoms with E-state index in [2.05, 4.69) is 24.4 Å². The molecule has 0 amide bonds. The molecule has 1 saturated heterocycles. The molecule has 6 nitrogen and oxygen atoms in total. The molecule has 2 aromatic rings. The number of rotatable bonds is 5. The Morgan fingerprint density at radius 1 is 0.929 bits per heavy atom. The van der Waals surface area contributed by atoms with Crippen molar-refractivity contribution in [3.8, 4) is 0 Å². The Labute approximate surface area is 167 Å². The maximum atomic E-state index is 12.3. The summed E-state index contributed by atoms with van der Waals surface area (Å²) in [6, 6.07) is 12.9. The number of nitrogens with one attached hydrogen (secondary N) is 1. The van der Waals surface area contributed by atoms with Gasteiger partial charge in [-0.25, -0.2) is 16.8 Å². The monoisotopic (exact) mass is 422 g/mol. The second kappa shape index (κ2) is 7.75. The Bertz CT molecular complexity index is 1070. The summed E-state index contributed by atoms with van der Waals surface area (Å²) in [5.74, 6) is 0. The fourth-order valence-corrected chi connectivity index (χ4v) is 5.16. The summed E-state index contributed by atoms with van der Waals surface area (Å²) >= 11 is 0. The molecule has 1 fully saturated rings. The number of sulfone groups is 2. The summed E-state index contributed by atoms with van der Waals surface area (Å²) in [6.07, 6.45) is 3.93. The number of hydrogen-bond acceptors (Lipinski definition) is 6. The minimum absolute atomic E-state index is 0.0210. The molecule has 0 spiro atoms. The first-order valence-corrected chi connectivity index (χ1v) is 12.9. The van der Waals surface area contributed by atoms with Crippen LogP contribution in [-0.2, 0) is 19.7 Å². The van der Waals surface area contributed by atoms with Gasteiger partial charge in [0, 0.05) is 37.3 Å². The Kier molecular flexibility index (Phi) is 5.72. The molecule has 1 aliphatic rings. The zero-order chi connectivity index (χ0) is 20.5. The third kappa shape index (κ3) is 4.86. The fraction of sp³-hybridized carbons (Fsp3) is 0.400. The second-order valence-corrected chi connectivity index (χ2v) is 11.4. The van der Waals surface area contributed by atoms with Gasteiger partial charge in [0.25, 0.3) is 0 Å². The molecule has 0 bridgehead atoms. The lowest BCUT2D eigenvalue weighted by Crippen LogP contribution is -2.39. The van der Waals surface area contributed by atoms with Crippen LogP contribution in [-0.4, -0.2) is 48.5 Å². The Morgan fingerprint density at radius 3 is 2.18 bits per heavy atom. The predicted octanol–water partition coefficient (Wildman–Crippen LogP) is 2.88.